The van der Waals surface area contributed by atoms with Gasteiger partial charge < -0.3 is 10.0 Å². The minimum Gasteiger partial charge on any atom is -0.480 e. The summed E-state index contributed by atoms with van der Waals surface area (Å²) in [5.41, 5.74) is 0. The Morgan fingerprint density at radius 1 is 1.35 bits per heavy atom. The molecule has 0 radical (unpaired) electrons. The predicted molar refractivity (Wildman–Crippen MR) is 80.0 cm³/mol. The third-order valence-electron chi connectivity index (χ3n) is 3.99. The van der Waals surface area contributed by atoms with Gasteiger partial charge in [0.2, 0.25) is 5.91 Å². The van der Waals surface area contributed by atoms with E-state index in [9.17, 15) is 22.4 Å². The van der Waals surface area contributed by atoms with E-state index >= 15 is 0 Å². The number of sulfone groups is 1. The quantitative estimate of drug-likeness (QED) is 0.817. The number of aliphatic carboxylic acids is 1. The van der Waals surface area contributed by atoms with Crippen molar-refractivity contribution in [3.8, 4) is 0 Å². The maximum Gasteiger partial charge on any atom is 0.326 e. The molecule has 0 aromatic heterocycles. The lowest BCUT2D eigenvalue weighted by molar-refractivity contribution is -0.148. The van der Waals surface area contributed by atoms with Gasteiger partial charge in [0.25, 0.3) is 0 Å². The number of amides is 1. The third kappa shape index (κ3) is 3.69. The Labute approximate surface area is 133 Å². The van der Waals surface area contributed by atoms with Crippen LogP contribution in [0.3, 0.4) is 0 Å². The smallest absolute Gasteiger partial charge is 0.326 e. The van der Waals surface area contributed by atoms with Crippen molar-refractivity contribution in [1.29, 1.82) is 0 Å². The Morgan fingerprint density at radius 3 is 2.52 bits per heavy atom. The summed E-state index contributed by atoms with van der Waals surface area (Å²) in [7, 11) is -3.78. The largest absolute Gasteiger partial charge is 0.480 e. The van der Waals surface area contributed by atoms with Gasteiger partial charge >= 0.3 is 5.97 Å². The molecule has 0 aliphatic carbocycles. The van der Waals surface area contributed by atoms with Crippen molar-refractivity contribution < 1.29 is 27.5 Å². The molecule has 2 atom stereocenters. The fourth-order valence-electron chi connectivity index (χ4n) is 2.65. The summed E-state index contributed by atoms with van der Waals surface area (Å²) in [4.78, 5) is 24.5. The number of nitrogens with zero attached hydrogens (tertiary/aromatic N) is 1. The average Bonchev–Trinajstić information content (AvgIpc) is 2.97. The number of benzene rings is 1. The number of carboxylic acids is 1. The van der Waals surface area contributed by atoms with E-state index in [1.54, 1.807) is 0 Å². The van der Waals surface area contributed by atoms with Crippen LogP contribution in [0.15, 0.2) is 29.2 Å². The molecule has 0 bridgehead atoms. The van der Waals surface area contributed by atoms with Crippen LogP contribution in [0, 0.1) is 5.82 Å². The SMILES string of the molecule is CC(CC(=O)N1CCC[C@@H]1C(=O)O)S(=O)(=O)c1ccc(F)cc1. The van der Waals surface area contributed by atoms with E-state index in [2.05, 4.69) is 0 Å². The molecule has 0 saturated carbocycles. The zero-order chi connectivity index (χ0) is 17.2. The molecule has 1 saturated heterocycles. The highest BCUT2D eigenvalue weighted by Crippen LogP contribution is 2.23. The fourth-order valence-corrected chi connectivity index (χ4v) is 3.99. The first-order chi connectivity index (χ1) is 10.7. The zero-order valence-electron chi connectivity index (χ0n) is 12.6. The normalized spacial score (nSPS) is 19.6. The number of likely N-dealkylation sites (tertiary alicyclic amines) is 1. The summed E-state index contributed by atoms with van der Waals surface area (Å²) in [6.07, 6.45) is 0.658. The number of halogens is 1. The van der Waals surface area contributed by atoms with Gasteiger partial charge in [0.05, 0.1) is 10.1 Å². The van der Waals surface area contributed by atoms with Gasteiger partial charge in [0, 0.05) is 13.0 Å². The molecule has 1 amide bonds. The van der Waals surface area contributed by atoms with Crippen molar-refractivity contribution in [2.24, 2.45) is 0 Å². The van der Waals surface area contributed by atoms with Crippen LogP contribution >= 0.6 is 0 Å². The summed E-state index contributed by atoms with van der Waals surface area (Å²) < 4.78 is 37.7. The van der Waals surface area contributed by atoms with Gasteiger partial charge in [-0.3, -0.25) is 4.79 Å². The Bertz CT molecular complexity index is 701. The minimum atomic E-state index is -3.78. The molecule has 1 fully saturated rings. The lowest BCUT2D eigenvalue weighted by atomic mass is 10.2. The maximum absolute atomic E-state index is 12.9. The summed E-state index contributed by atoms with van der Waals surface area (Å²) in [6, 6.07) is 3.51. The second kappa shape index (κ2) is 6.66. The van der Waals surface area contributed by atoms with Crippen LogP contribution in [0.5, 0.6) is 0 Å². The summed E-state index contributed by atoms with van der Waals surface area (Å²) in [6.45, 7) is 1.71. The van der Waals surface area contributed by atoms with Gasteiger partial charge in [-0.2, -0.15) is 0 Å². The molecule has 126 valence electrons. The van der Waals surface area contributed by atoms with Crippen LogP contribution in [0.1, 0.15) is 26.2 Å². The molecule has 1 aromatic carbocycles. The Hall–Kier alpha value is -1.96. The second-order valence-corrected chi connectivity index (χ2v) is 7.96. The minimum absolute atomic E-state index is 0.0598. The molecule has 6 nitrogen and oxygen atoms in total. The molecule has 0 spiro atoms. The molecule has 1 aromatic rings. The van der Waals surface area contributed by atoms with Gasteiger partial charge in [-0.05, 0) is 44.0 Å². The van der Waals surface area contributed by atoms with Crippen LogP contribution in [-0.4, -0.2) is 48.1 Å². The van der Waals surface area contributed by atoms with E-state index in [1.165, 1.54) is 11.8 Å². The predicted octanol–water partition coefficient (Wildman–Crippen LogP) is 1.45. The van der Waals surface area contributed by atoms with E-state index in [1.807, 2.05) is 0 Å². The van der Waals surface area contributed by atoms with Gasteiger partial charge in [-0.1, -0.05) is 0 Å². The van der Waals surface area contributed by atoms with Crippen LogP contribution < -0.4 is 0 Å². The summed E-state index contributed by atoms with van der Waals surface area (Å²) >= 11 is 0. The number of hydrogen-bond acceptors (Lipinski definition) is 4. The highest BCUT2D eigenvalue weighted by atomic mass is 32.2. The molecule has 1 heterocycles. The fraction of sp³-hybridized carbons (Fsp3) is 0.467. The first-order valence-corrected chi connectivity index (χ1v) is 8.80. The second-order valence-electron chi connectivity index (χ2n) is 5.60. The Morgan fingerprint density at radius 2 is 1.96 bits per heavy atom. The summed E-state index contributed by atoms with van der Waals surface area (Å²) in [5.74, 6) is -2.12. The van der Waals surface area contributed by atoms with Crippen LogP contribution in [-0.2, 0) is 19.4 Å². The van der Waals surface area contributed by atoms with Crippen molar-refractivity contribution in [1.82, 2.24) is 4.90 Å². The number of rotatable bonds is 5. The molecule has 2 rings (SSSR count). The monoisotopic (exact) mass is 343 g/mol. The molecular formula is C15H18FNO5S. The average molecular weight is 343 g/mol. The maximum atomic E-state index is 12.9. The van der Waals surface area contributed by atoms with Crippen molar-refractivity contribution in [2.75, 3.05) is 6.54 Å². The van der Waals surface area contributed by atoms with Crippen LogP contribution in [0.4, 0.5) is 4.39 Å². The first kappa shape index (κ1) is 17.4. The molecule has 1 aliphatic rings. The molecule has 23 heavy (non-hydrogen) atoms. The van der Waals surface area contributed by atoms with E-state index < -0.39 is 38.8 Å². The molecular weight excluding hydrogens is 325 g/mol. The van der Waals surface area contributed by atoms with E-state index in [4.69, 9.17) is 5.11 Å². The topological polar surface area (TPSA) is 91.8 Å². The van der Waals surface area contributed by atoms with Gasteiger partial charge in [-0.25, -0.2) is 17.6 Å². The van der Waals surface area contributed by atoms with E-state index in [0.29, 0.717) is 19.4 Å². The number of hydrogen-bond donors (Lipinski definition) is 1. The van der Waals surface area contributed by atoms with Crippen LogP contribution in [0.25, 0.3) is 0 Å². The van der Waals surface area contributed by atoms with Crippen molar-refractivity contribution in [2.45, 2.75) is 42.4 Å². The van der Waals surface area contributed by atoms with Gasteiger partial charge in [0.15, 0.2) is 9.84 Å². The van der Waals surface area contributed by atoms with E-state index in [0.717, 1.165) is 24.3 Å². The lowest BCUT2D eigenvalue weighted by Crippen LogP contribution is -2.42. The van der Waals surface area contributed by atoms with E-state index in [-0.39, 0.29) is 11.3 Å². The molecule has 1 aliphatic heterocycles. The van der Waals surface area contributed by atoms with Gasteiger partial charge in [-0.15, -0.1) is 0 Å². The van der Waals surface area contributed by atoms with Crippen molar-refractivity contribution in [3.05, 3.63) is 30.1 Å². The number of carbonyl (C=O) groups excluding carboxylic acids is 1. The first-order valence-electron chi connectivity index (χ1n) is 7.25. The summed E-state index contributed by atoms with van der Waals surface area (Å²) in [5, 5.41) is 8.06. The third-order valence-corrected chi connectivity index (χ3v) is 6.15. The molecule has 1 N–H and O–H groups in total. The van der Waals surface area contributed by atoms with Crippen molar-refractivity contribution >= 4 is 21.7 Å². The van der Waals surface area contributed by atoms with Crippen molar-refractivity contribution in [3.63, 3.8) is 0 Å². The Kier molecular flexibility index (Phi) is 5.03. The lowest BCUT2D eigenvalue weighted by Gasteiger charge is -2.23. The number of carboxylic acid groups (broad SMARTS) is 1. The standard InChI is InChI=1S/C15H18FNO5S/c1-10(23(21,22)12-6-4-11(16)5-7-12)9-14(18)17-8-2-3-13(17)15(19)20/h4-7,10,13H,2-3,8-9H2,1H3,(H,19,20)/t10?,13-/m1/s1. The number of carbonyl (C=O) groups is 2. The van der Waals surface area contributed by atoms with Crippen LogP contribution in [0.2, 0.25) is 0 Å². The Balaban J connectivity index is 2.11. The molecule has 8 heteroatoms. The van der Waals surface area contributed by atoms with Gasteiger partial charge in [0.1, 0.15) is 11.9 Å². The highest BCUT2D eigenvalue weighted by molar-refractivity contribution is 7.92. The molecule has 1 unspecified atom stereocenters. The zero-order valence-corrected chi connectivity index (χ0v) is 13.4. The highest BCUT2D eigenvalue weighted by Gasteiger charge is 2.36.